The van der Waals surface area contributed by atoms with Crippen LogP contribution in [0.3, 0.4) is 0 Å². The van der Waals surface area contributed by atoms with Crippen molar-refractivity contribution in [3.8, 4) is 5.75 Å². The molecule has 0 aliphatic carbocycles. The number of carboxylic acids is 1. The third kappa shape index (κ3) is 6.22. The lowest BCUT2D eigenvalue weighted by Gasteiger charge is -2.07. The van der Waals surface area contributed by atoms with Crippen molar-refractivity contribution in [2.45, 2.75) is 45.4 Å². The first-order chi connectivity index (χ1) is 9.13. The number of halogens is 1. The molecule has 0 spiro atoms. The second-order valence-electron chi connectivity index (χ2n) is 4.60. The molecule has 1 N–H and O–H groups in total. The van der Waals surface area contributed by atoms with Crippen molar-refractivity contribution in [1.82, 2.24) is 0 Å². The van der Waals surface area contributed by atoms with Gasteiger partial charge in [0, 0.05) is 6.07 Å². The number of benzene rings is 1. The Hall–Kier alpha value is -1.58. The summed E-state index contributed by atoms with van der Waals surface area (Å²) in [5.41, 5.74) is -0.0852. The largest absolute Gasteiger partial charge is 0.493 e. The van der Waals surface area contributed by atoms with Crippen LogP contribution in [0.25, 0.3) is 0 Å². The van der Waals surface area contributed by atoms with E-state index in [0.29, 0.717) is 6.61 Å². The van der Waals surface area contributed by atoms with E-state index in [1.807, 2.05) is 0 Å². The summed E-state index contributed by atoms with van der Waals surface area (Å²) in [6.07, 6.45) is 6.88. The Bertz CT molecular complexity index is 404. The lowest BCUT2D eigenvalue weighted by Crippen LogP contribution is -2.01. The maximum absolute atomic E-state index is 13.2. The van der Waals surface area contributed by atoms with Crippen molar-refractivity contribution in [1.29, 1.82) is 0 Å². The minimum absolute atomic E-state index is 0.0852. The van der Waals surface area contributed by atoms with Crippen molar-refractivity contribution >= 4 is 5.97 Å². The molecule has 1 aromatic carbocycles. The molecule has 0 amide bonds. The Morgan fingerprint density at radius 1 is 1.16 bits per heavy atom. The van der Waals surface area contributed by atoms with Gasteiger partial charge in [0.25, 0.3) is 0 Å². The van der Waals surface area contributed by atoms with Gasteiger partial charge in [-0.1, -0.05) is 39.0 Å². The Balaban J connectivity index is 2.31. The van der Waals surface area contributed by atoms with Crippen LogP contribution in [0.2, 0.25) is 0 Å². The highest BCUT2D eigenvalue weighted by Crippen LogP contribution is 2.17. The number of rotatable bonds is 9. The maximum Gasteiger partial charge on any atom is 0.335 e. The van der Waals surface area contributed by atoms with Gasteiger partial charge in [-0.3, -0.25) is 0 Å². The molecule has 0 unspecified atom stereocenters. The zero-order valence-electron chi connectivity index (χ0n) is 11.3. The number of aromatic carboxylic acids is 1. The molecule has 0 saturated heterocycles. The molecule has 106 valence electrons. The van der Waals surface area contributed by atoms with Crippen LogP contribution in [-0.4, -0.2) is 17.7 Å². The predicted octanol–water partition coefficient (Wildman–Crippen LogP) is 4.26. The molecule has 1 rings (SSSR count). The van der Waals surface area contributed by atoms with Crippen LogP contribution in [0.15, 0.2) is 18.2 Å². The van der Waals surface area contributed by atoms with E-state index in [-0.39, 0.29) is 11.3 Å². The van der Waals surface area contributed by atoms with Crippen LogP contribution in [0.4, 0.5) is 4.39 Å². The van der Waals surface area contributed by atoms with Crippen LogP contribution in [-0.2, 0) is 0 Å². The van der Waals surface area contributed by atoms with Gasteiger partial charge in [0.2, 0.25) is 0 Å². The van der Waals surface area contributed by atoms with Crippen LogP contribution in [0, 0.1) is 5.82 Å². The van der Waals surface area contributed by atoms with Gasteiger partial charge in [-0.05, 0) is 18.6 Å². The van der Waals surface area contributed by atoms with E-state index in [2.05, 4.69) is 6.92 Å². The second-order valence-corrected chi connectivity index (χ2v) is 4.60. The van der Waals surface area contributed by atoms with E-state index >= 15 is 0 Å². The fourth-order valence-electron chi connectivity index (χ4n) is 1.84. The monoisotopic (exact) mass is 268 g/mol. The van der Waals surface area contributed by atoms with Gasteiger partial charge in [-0.2, -0.15) is 0 Å². The number of hydrogen-bond acceptors (Lipinski definition) is 2. The molecule has 3 nitrogen and oxygen atoms in total. The SMILES string of the molecule is CCCCCCCCOc1cc(F)cc(C(=O)O)c1. The van der Waals surface area contributed by atoms with Crippen molar-refractivity contribution in [2.24, 2.45) is 0 Å². The first kappa shape index (κ1) is 15.5. The van der Waals surface area contributed by atoms with Gasteiger partial charge in [0.05, 0.1) is 12.2 Å². The number of carbonyl (C=O) groups is 1. The molecular weight excluding hydrogens is 247 g/mol. The summed E-state index contributed by atoms with van der Waals surface area (Å²) in [6, 6.07) is 3.55. The van der Waals surface area contributed by atoms with E-state index in [1.54, 1.807) is 0 Å². The first-order valence-corrected chi connectivity index (χ1v) is 6.80. The molecule has 0 heterocycles. The smallest absolute Gasteiger partial charge is 0.335 e. The summed E-state index contributed by atoms with van der Waals surface area (Å²) in [4.78, 5) is 10.8. The molecule has 0 aliphatic rings. The highest BCUT2D eigenvalue weighted by atomic mass is 19.1. The fraction of sp³-hybridized carbons (Fsp3) is 0.533. The fourth-order valence-corrected chi connectivity index (χ4v) is 1.84. The predicted molar refractivity (Wildman–Crippen MR) is 72.2 cm³/mol. The van der Waals surface area contributed by atoms with Gasteiger partial charge in [-0.15, -0.1) is 0 Å². The second kappa shape index (κ2) is 8.51. The minimum atomic E-state index is -1.15. The lowest BCUT2D eigenvalue weighted by atomic mass is 10.1. The zero-order chi connectivity index (χ0) is 14.1. The molecule has 19 heavy (non-hydrogen) atoms. The summed E-state index contributed by atoms with van der Waals surface area (Å²) in [7, 11) is 0. The highest BCUT2D eigenvalue weighted by Gasteiger charge is 2.07. The van der Waals surface area contributed by atoms with Crippen molar-refractivity contribution in [2.75, 3.05) is 6.61 Å². The van der Waals surface area contributed by atoms with Gasteiger partial charge < -0.3 is 9.84 Å². The molecule has 0 bridgehead atoms. The Kier molecular flexibility index (Phi) is 6.93. The quantitative estimate of drug-likeness (QED) is 0.680. The zero-order valence-corrected chi connectivity index (χ0v) is 11.3. The van der Waals surface area contributed by atoms with Crippen molar-refractivity contribution in [3.05, 3.63) is 29.6 Å². The number of hydrogen-bond donors (Lipinski definition) is 1. The van der Waals surface area contributed by atoms with Gasteiger partial charge >= 0.3 is 5.97 Å². The van der Waals surface area contributed by atoms with Crippen LogP contribution in [0.5, 0.6) is 5.75 Å². The molecular formula is C15H21FO3. The highest BCUT2D eigenvalue weighted by molar-refractivity contribution is 5.88. The average Bonchev–Trinajstić information content (AvgIpc) is 2.37. The van der Waals surface area contributed by atoms with E-state index in [0.717, 1.165) is 18.9 Å². The molecule has 1 aromatic rings. The molecule has 4 heteroatoms. The van der Waals surface area contributed by atoms with E-state index in [1.165, 1.54) is 37.8 Å². The van der Waals surface area contributed by atoms with Crippen LogP contribution < -0.4 is 4.74 Å². The summed E-state index contributed by atoms with van der Waals surface area (Å²) in [5.74, 6) is -1.45. The summed E-state index contributed by atoms with van der Waals surface area (Å²) < 4.78 is 18.5. The molecule has 0 atom stereocenters. The summed E-state index contributed by atoms with van der Waals surface area (Å²) >= 11 is 0. The molecule has 0 fully saturated rings. The van der Waals surface area contributed by atoms with Crippen molar-refractivity contribution < 1.29 is 19.0 Å². The number of ether oxygens (including phenoxy) is 1. The van der Waals surface area contributed by atoms with Crippen LogP contribution >= 0.6 is 0 Å². The van der Waals surface area contributed by atoms with Gasteiger partial charge in [0.15, 0.2) is 0 Å². The normalized spacial score (nSPS) is 10.4. The minimum Gasteiger partial charge on any atom is -0.493 e. The van der Waals surface area contributed by atoms with E-state index in [9.17, 15) is 9.18 Å². The maximum atomic E-state index is 13.2. The Labute approximate surface area is 113 Å². The van der Waals surface area contributed by atoms with E-state index < -0.39 is 11.8 Å². The average molecular weight is 268 g/mol. The molecule has 0 saturated carbocycles. The van der Waals surface area contributed by atoms with Gasteiger partial charge in [-0.25, -0.2) is 9.18 Å². The number of unbranched alkanes of at least 4 members (excludes halogenated alkanes) is 5. The molecule has 0 radical (unpaired) electrons. The Morgan fingerprint density at radius 2 is 1.84 bits per heavy atom. The standard InChI is InChI=1S/C15H21FO3/c1-2-3-4-5-6-7-8-19-14-10-12(15(17)18)9-13(16)11-14/h9-11H,2-8H2,1H3,(H,17,18). The van der Waals surface area contributed by atoms with E-state index in [4.69, 9.17) is 9.84 Å². The third-order valence-electron chi connectivity index (χ3n) is 2.88. The first-order valence-electron chi connectivity index (χ1n) is 6.80. The van der Waals surface area contributed by atoms with Gasteiger partial charge in [0.1, 0.15) is 11.6 Å². The van der Waals surface area contributed by atoms with Crippen LogP contribution in [0.1, 0.15) is 55.8 Å². The topological polar surface area (TPSA) is 46.5 Å². The van der Waals surface area contributed by atoms with Crippen molar-refractivity contribution in [3.63, 3.8) is 0 Å². The molecule has 0 aromatic heterocycles. The number of carboxylic acid groups (broad SMARTS) is 1. The summed E-state index contributed by atoms with van der Waals surface area (Å²) in [5, 5.41) is 8.80. The molecule has 0 aliphatic heterocycles. The summed E-state index contributed by atoms with van der Waals surface area (Å²) in [6.45, 7) is 2.67. The Morgan fingerprint density at radius 3 is 2.53 bits per heavy atom. The third-order valence-corrected chi connectivity index (χ3v) is 2.88. The lowest BCUT2D eigenvalue weighted by molar-refractivity contribution is 0.0695.